The van der Waals surface area contributed by atoms with Crippen LogP contribution in [0.1, 0.15) is 18.7 Å². The normalized spacial score (nSPS) is 19.3. The van der Waals surface area contributed by atoms with Crippen LogP contribution >= 0.6 is 11.8 Å². The molecule has 19 heavy (non-hydrogen) atoms. The quantitative estimate of drug-likeness (QED) is 0.931. The maximum Gasteiger partial charge on any atom is 0.153 e. The van der Waals surface area contributed by atoms with Gasteiger partial charge in [0.05, 0.1) is 5.69 Å². The minimum atomic E-state index is 0.573. The highest BCUT2D eigenvalue weighted by Crippen LogP contribution is 2.22. The lowest BCUT2D eigenvalue weighted by molar-refractivity contribution is 0.685. The van der Waals surface area contributed by atoms with E-state index < -0.39 is 0 Å². The molecule has 1 aromatic carbocycles. The van der Waals surface area contributed by atoms with Gasteiger partial charge in [0.15, 0.2) is 5.82 Å². The predicted octanol–water partition coefficient (Wildman–Crippen LogP) is 2.28. The molecule has 0 saturated carbocycles. The maximum absolute atomic E-state index is 4.00. The standard InChI is InChI=1S/C13H17N5S/c1-10-15-16-17-18(10)13-6-2-4-11(8-13)14-12-5-3-7-19-9-12/h2,4,6,8,12,14H,3,5,7,9H2,1H3. The summed E-state index contributed by atoms with van der Waals surface area (Å²) in [6.07, 6.45) is 2.55. The molecule has 6 heteroatoms. The van der Waals surface area contributed by atoms with E-state index in [-0.39, 0.29) is 0 Å². The molecule has 0 bridgehead atoms. The average molecular weight is 275 g/mol. The second-order valence-corrected chi connectivity index (χ2v) is 5.90. The molecule has 0 radical (unpaired) electrons. The number of nitrogens with one attached hydrogen (secondary N) is 1. The van der Waals surface area contributed by atoms with Crippen molar-refractivity contribution in [3.8, 4) is 5.69 Å². The van der Waals surface area contributed by atoms with Crippen molar-refractivity contribution in [1.29, 1.82) is 0 Å². The summed E-state index contributed by atoms with van der Waals surface area (Å²) in [5.74, 6) is 3.28. The van der Waals surface area contributed by atoms with Gasteiger partial charge >= 0.3 is 0 Å². The van der Waals surface area contributed by atoms with E-state index in [9.17, 15) is 0 Å². The van der Waals surface area contributed by atoms with Crippen LogP contribution in [0.25, 0.3) is 5.69 Å². The van der Waals surface area contributed by atoms with Gasteiger partial charge in [-0.3, -0.25) is 0 Å². The third kappa shape index (κ3) is 2.89. The molecular weight excluding hydrogens is 258 g/mol. The first-order valence-corrected chi connectivity index (χ1v) is 7.68. The lowest BCUT2D eigenvalue weighted by atomic mass is 10.1. The zero-order valence-electron chi connectivity index (χ0n) is 10.9. The Morgan fingerprint density at radius 2 is 2.37 bits per heavy atom. The van der Waals surface area contributed by atoms with E-state index in [1.165, 1.54) is 24.3 Å². The molecule has 3 rings (SSSR count). The number of rotatable bonds is 3. The average Bonchev–Trinajstić information content (AvgIpc) is 2.86. The molecule has 100 valence electrons. The van der Waals surface area contributed by atoms with Crippen molar-refractivity contribution >= 4 is 17.4 Å². The highest BCUT2D eigenvalue weighted by atomic mass is 32.2. The number of anilines is 1. The number of hydrogen-bond donors (Lipinski definition) is 1. The largest absolute Gasteiger partial charge is 0.381 e. The summed E-state index contributed by atoms with van der Waals surface area (Å²) in [5.41, 5.74) is 2.14. The lowest BCUT2D eigenvalue weighted by Gasteiger charge is -2.23. The minimum absolute atomic E-state index is 0.573. The van der Waals surface area contributed by atoms with Gasteiger partial charge in [0, 0.05) is 17.5 Å². The molecule has 1 aliphatic rings. The first kappa shape index (κ1) is 12.5. The van der Waals surface area contributed by atoms with E-state index in [1.54, 1.807) is 4.68 Å². The van der Waals surface area contributed by atoms with Crippen molar-refractivity contribution in [2.45, 2.75) is 25.8 Å². The van der Waals surface area contributed by atoms with Gasteiger partial charge < -0.3 is 5.32 Å². The third-order valence-corrected chi connectivity index (χ3v) is 4.46. The summed E-state index contributed by atoms with van der Waals surface area (Å²) in [6, 6.07) is 8.83. The number of hydrogen-bond acceptors (Lipinski definition) is 5. The molecule has 1 fully saturated rings. The van der Waals surface area contributed by atoms with Gasteiger partial charge in [0.25, 0.3) is 0 Å². The smallest absolute Gasteiger partial charge is 0.153 e. The van der Waals surface area contributed by atoms with Crippen LogP contribution in [0, 0.1) is 6.92 Å². The molecule has 1 aromatic heterocycles. The summed E-state index contributed by atoms with van der Waals surface area (Å²) >= 11 is 2.03. The highest BCUT2D eigenvalue weighted by molar-refractivity contribution is 7.99. The molecule has 1 N–H and O–H groups in total. The van der Waals surface area contributed by atoms with Gasteiger partial charge in [-0.15, -0.1) is 5.10 Å². The van der Waals surface area contributed by atoms with Crippen molar-refractivity contribution < 1.29 is 0 Å². The summed E-state index contributed by atoms with van der Waals surface area (Å²) in [7, 11) is 0. The fraction of sp³-hybridized carbons (Fsp3) is 0.462. The van der Waals surface area contributed by atoms with Crippen LogP contribution in [0.5, 0.6) is 0 Å². The van der Waals surface area contributed by atoms with Gasteiger partial charge in [-0.05, 0) is 54.1 Å². The summed E-state index contributed by atoms with van der Waals surface area (Å²) in [6.45, 7) is 1.90. The molecule has 1 saturated heterocycles. The molecule has 1 unspecified atom stereocenters. The van der Waals surface area contributed by atoms with Gasteiger partial charge in [0.1, 0.15) is 0 Å². The SMILES string of the molecule is Cc1nnnn1-c1cccc(NC2CCCSC2)c1. The van der Waals surface area contributed by atoms with Crippen LogP contribution in [0.3, 0.4) is 0 Å². The molecule has 1 aliphatic heterocycles. The Bertz CT molecular complexity index is 547. The van der Waals surface area contributed by atoms with E-state index in [0.717, 1.165) is 17.2 Å². The number of benzene rings is 1. The zero-order valence-corrected chi connectivity index (χ0v) is 11.7. The van der Waals surface area contributed by atoms with Gasteiger partial charge in [-0.1, -0.05) is 6.07 Å². The zero-order chi connectivity index (χ0) is 13.1. The number of aryl methyl sites for hydroxylation is 1. The van der Waals surface area contributed by atoms with Crippen molar-refractivity contribution in [1.82, 2.24) is 20.2 Å². The first-order valence-electron chi connectivity index (χ1n) is 6.52. The fourth-order valence-corrected chi connectivity index (χ4v) is 3.36. The van der Waals surface area contributed by atoms with Crippen LogP contribution in [-0.2, 0) is 0 Å². The van der Waals surface area contributed by atoms with Crippen LogP contribution in [0.15, 0.2) is 24.3 Å². The molecule has 0 aliphatic carbocycles. The third-order valence-electron chi connectivity index (χ3n) is 3.25. The summed E-state index contributed by atoms with van der Waals surface area (Å²) in [5, 5.41) is 15.2. The molecule has 5 nitrogen and oxygen atoms in total. The van der Waals surface area contributed by atoms with Crippen LogP contribution in [0.4, 0.5) is 5.69 Å². The van der Waals surface area contributed by atoms with E-state index in [0.29, 0.717) is 6.04 Å². The number of tetrazole rings is 1. The van der Waals surface area contributed by atoms with Crippen LogP contribution in [0.2, 0.25) is 0 Å². The number of thioether (sulfide) groups is 1. The Kier molecular flexibility index (Phi) is 3.68. The predicted molar refractivity (Wildman–Crippen MR) is 77.9 cm³/mol. The number of nitrogens with zero attached hydrogens (tertiary/aromatic N) is 4. The molecule has 2 aromatic rings. The monoisotopic (exact) mass is 275 g/mol. The van der Waals surface area contributed by atoms with Crippen LogP contribution < -0.4 is 5.32 Å². The minimum Gasteiger partial charge on any atom is -0.381 e. The van der Waals surface area contributed by atoms with E-state index >= 15 is 0 Å². The molecular formula is C13H17N5S. The van der Waals surface area contributed by atoms with Gasteiger partial charge in [-0.25, -0.2) is 0 Å². The second-order valence-electron chi connectivity index (χ2n) is 4.75. The Labute approximate surface area is 116 Å². The van der Waals surface area contributed by atoms with Crippen molar-refractivity contribution in [2.24, 2.45) is 0 Å². The van der Waals surface area contributed by atoms with Crippen molar-refractivity contribution in [2.75, 3.05) is 16.8 Å². The Hall–Kier alpha value is -1.56. The van der Waals surface area contributed by atoms with Crippen molar-refractivity contribution in [3.05, 3.63) is 30.1 Å². The molecule has 0 amide bonds. The second kappa shape index (κ2) is 5.61. The van der Waals surface area contributed by atoms with E-state index in [2.05, 4.69) is 33.0 Å². The molecule has 2 heterocycles. The summed E-state index contributed by atoms with van der Waals surface area (Å²) < 4.78 is 1.75. The number of aromatic nitrogens is 4. The Morgan fingerprint density at radius 1 is 1.42 bits per heavy atom. The topological polar surface area (TPSA) is 55.6 Å². The highest BCUT2D eigenvalue weighted by Gasteiger charge is 2.13. The van der Waals surface area contributed by atoms with E-state index in [1.807, 2.05) is 30.8 Å². The van der Waals surface area contributed by atoms with Gasteiger partial charge in [-0.2, -0.15) is 16.4 Å². The van der Waals surface area contributed by atoms with Crippen molar-refractivity contribution in [3.63, 3.8) is 0 Å². The fourth-order valence-electron chi connectivity index (χ4n) is 2.29. The first-order chi connectivity index (χ1) is 9.33. The lowest BCUT2D eigenvalue weighted by Crippen LogP contribution is -2.25. The van der Waals surface area contributed by atoms with Gasteiger partial charge in [0.2, 0.25) is 0 Å². The van der Waals surface area contributed by atoms with E-state index in [4.69, 9.17) is 0 Å². The molecule has 0 spiro atoms. The summed E-state index contributed by atoms with van der Waals surface area (Å²) in [4.78, 5) is 0. The Balaban J connectivity index is 1.78. The maximum atomic E-state index is 4.00. The Morgan fingerprint density at radius 3 is 3.11 bits per heavy atom. The van der Waals surface area contributed by atoms with Crippen LogP contribution in [-0.4, -0.2) is 37.8 Å². The molecule has 1 atom stereocenters.